The van der Waals surface area contributed by atoms with Crippen LogP contribution in [0.15, 0.2) is 24.3 Å². The quantitative estimate of drug-likeness (QED) is 0.773. The van der Waals surface area contributed by atoms with E-state index >= 15 is 0 Å². The van der Waals surface area contributed by atoms with Gasteiger partial charge in [-0.3, -0.25) is 4.79 Å². The predicted molar refractivity (Wildman–Crippen MR) is 67.0 cm³/mol. The summed E-state index contributed by atoms with van der Waals surface area (Å²) in [7, 11) is 0. The zero-order valence-electron chi connectivity index (χ0n) is 9.69. The van der Waals surface area contributed by atoms with Gasteiger partial charge in [0.15, 0.2) is 5.78 Å². The third-order valence-corrected chi connectivity index (χ3v) is 4.38. The molecule has 1 aliphatic heterocycles. The standard InChI is InChI=1S/C13H15FO2S/c1-9-13(6-7-16-9)17-8-12(15)10-2-4-11(14)5-3-10/h2-5,9,13H,6-8H2,1H3. The van der Waals surface area contributed by atoms with Crippen molar-refractivity contribution in [3.63, 3.8) is 0 Å². The van der Waals surface area contributed by atoms with Gasteiger partial charge in [-0.2, -0.15) is 0 Å². The lowest BCUT2D eigenvalue weighted by molar-refractivity contribution is 0.102. The van der Waals surface area contributed by atoms with Crippen LogP contribution in [0.4, 0.5) is 4.39 Å². The first-order valence-corrected chi connectivity index (χ1v) is 6.73. The molecule has 0 amide bonds. The Morgan fingerprint density at radius 1 is 1.47 bits per heavy atom. The highest BCUT2D eigenvalue weighted by molar-refractivity contribution is 8.00. The zero-order valence-corrected chi connectivity index (χ0v) is 10.5. The van der Waals surface area contributed by atoms with Crippen molar-refractivity contribution in [1.29, 1.82) is 0 Å². The normalized spacial score (nSPS) is 23.9. The molecule has 0 spiro atoms. The number of benzene rings is 1. The highest BCUT2D eigenvalue weighted by atomic mass is 32.2. The molecule has 17 heavy (non-hydrogen) atoms. The molecular weight excluding hydrogens is 239 g/mol. The molecule has 0 saturated carbocycles. The van der Waals surface area contributed by atoms with E-state index < -0.39 is 0 Å². The van der Waals surface area contributed by atoms with Crippen molar-refractivity contribution >= 4 is 17.5 Å². The minimum absolute atomic E-state index is 0.0501. The maximum absolute atomic E-state index is 12.7. The van der Waals surface area contributed by atoms with Gasteiger partial charge in [-0.05, 0) is 37.6 Å². The Balaban J connectivity index is 1.87. The number of hydrogen-bond acceptors (Lipinski definition) is 3. The second kappa shape index (κ2) is 5.65. The van der Waals surface area contributed by atoms with Crippen LogP contribution in [-0.2, 0) is 4.74 Å². The molecule has 2 unspecified atom stereocenters. The highest BCUT2D eigenvalue weighted by Gasteiger charge is 2.25. The molecule has 0 N–H and O–H groups in total. The molecule has 4 heteroatoms. The number of hydrogen-bond donors (Lipinski definition) is 0. The third kappa shape index (κ3) is 3.30. The Labute approximate surface area is 105 Å². The zero-order chi connectivity index (χ0) is 12.3. The fourth-order valence-electron chi connectivity index (χ4n) is 1.83. The first-order valence-electron chi connectivity index (χ1n) is 5.69. The summed E-state index contributed by atoms with van der Waals surface area (Å²) in [4.78, 5) is 11.8. The van der Waals surface area contributed by atoms with Crippen LogP contribution in [0.1, 0.15) is 23.7 Å². The first kappa shape index (κ1) is 12.6. The van der Waals surface area contributed by atoms with Gasteiger partial charge in [0.1, 0.15) is 5.82 Å². The predicted octanol–water partition coefficient (Wildman–Crippen LogP) is 2.92. The number of carbonyl (C=O) groups is 1. The van der Waals surface area contributed by atoms with E-state index in [1.54, 1.807) is 11.8 Å². The number of carbonyl (C=O) groups excluding carboxylic acids is 1. The average Bonchev–Trinajstić information content (AvgIpc) is 2.73. The van der Waals surface area contributed by atoms with Crippen LogP contribution in [0.3, 0.4) is 0 Å². The van der Waals surface area contributed by atoms with Gasteiger partial charge in [-0.1, -0.05) is 0 Å². The van der Waals surface area contributed by atoms with Crippen LogP contribution in [-0.4, -0.2) is 29.5 Å². The summed E-state index contributed by atoms with van der Waals surface area (Å²) < 4.78 is 18.1. The van der Waals surface area contributed by atoms with Crippen LogP contribution in [0.5, 0.6) is 0 Å². The summed E-state index contributed by atoms with van der Waals surface area (Å²) in [5, 5.41) is 0.402. The summed E-state index contributed by atoms with van der Waals surface area (Å²) in [5.41, 5.74) is 0.575. The summed E-state index contributed by atoms with van der Waals surface area (Å²) >= 11 is 1.63. The Kier molecular flexibility index (Phi) is 4.18. The monoisotopic (exact) mass is 254 g/mol. The van der Waals surface area contributed by atoms with Gasteiger partial charge in [0.05, 0.1) is 11.9 Å². The molecule has 0 aromatic heterocycles. The second-order valence-electron chi connectivity index (χ2n) is 4.14. The number of ether oxygens (including phenoxy) is 1. The number of Topliss-reactive ketones (excluding diaryl/α,β-unsaturated/α-hetero) is 1. The minimum Gasteiger partial charge on any atom is -0.377 e. The summed E-state index contributed by atoms with van der Waals surface area (Å²) in [6.45, 7) is 2.82. The molecule has 1 saturated heterocycles. The van der Waals surface area contributed by atoms with Gasteiger partial charge in [0.25, 0.3) is 0 Å². The van der Waals surface area contributed by atoms with E-state index in [2.05, 4.69) is 0 Å². The van der Waals surface area contributed by atoms with E-state index in [9.17, 15) is 9.18 Å². The Hall–Kier alpha value is -0.870. The molecule has 2 atom stereocenters. The fraction of sp³-hybridized carbons (Fsp3) is 0.462. The van der Waals surface area contributed by atoms with Gasteiger partial charge in [-0.15, -0.1) is 11.8 Å². The molecule has 2 rings (SSSR count). The number of rotatable bonds is 4. The molecule has 1 aromatic rings. The molecular formula is C13H15FO2S. The molecule has 0 radical (unpaired) electrons. The van der Waals surface area contributed by atoms with Crippen LogP contribution >= 0.6 is 11.8 Å². The van der Waals surface area contributed by atoms with E-state index in [1.165, 1.54) is 24.3 Å². The number of ketones is 1. The summed E-state index contributed by atoms with van der Waals surface area (Å²) in [6, 6.07) is 5.71. The van der Waals surface area contributed by atoms with Gasteiger partial charge >= 0.3 is 0 Å². The minimum atomic E-state index is -0.313. The molecule has 1 aromatic carbocycles. The Morgan fingerprint density at radius 3 is 2.76 bits per heavy atom. The van der Waals surface area contributed by atoms with Crippen LogP contribution in [0.25, 0.3) is 0 Å². The third-order valence-electron chi connectivity index (χ3n) is 2.90. The van der Waals surface area contributed by atoms with Gasteiger partial charge in [-0.25, -0.2) is 4.39 Å². The van der Waals surface area contributed by atoms with Gasteiger partial charge < -0.3 is 4.74 Å². The Bertz CT molecular complexity index is 391. The molecule has 0 aliphatic carbocycles. The highest BCUT2D eigenvalue weighted by Crippen LogP contribution is 2.26. The maximum Gasteiger partial charge on any atom is 0.172 e. The van der Waals surface area contributed by atoms with Crippen molar-refractivity contribution in [2.24, 2.45) is 0 Å². The van der Waals surface area contributed by atoms with E-state index in [-0.39, 0.29) is 17.7 Å². The van der Waals surface area contributed by atoms with E-state index in [1.807, 2.05) is 6.92 Å². The van der Waals surface area contributed by atoms with Crippen molar-refractivity contribution in [3.8, 4) is 0 Å². The summed E-state index contributed by atoms with van der Waals surface area (Å²) in [5.74, 6) is 0.172. The van der Waals surface area contributed by atoms with Crippen LogP contribution in [0, 0.1) is 5.82 Å². The van der Waals surface area contributed by atoms with E-state index in [0.29, 0.717) is 16.6 Å². The first-order chi connectivity index (χ1) is 8.16. The average molecular weight is 254 g/mol. The molecule has 2 nitrogen and oxygen atoms in total. The second-order valence-corrected chi connectivity index (χ2v) is 5.37. The lowest BCUT2D eigenvalue weighted by Crippen LogP contribution is -2.16. The largest absolute Gasteiger partial charge is 0.377 e. The summed E-state index contributed by atoms with van der Waals surface area (Å²) in [6.07, 6.45) is 1.23. The van der Waals surface area contributed by atoms with Crippen molar-refractivity contribution in [1.82, 2.24) is 0 Å². The van der Waals surface area contributed by atoms with Crippen LogP contribution < -0.4 is 0 Å². The van der Waals surface area contributed by atoms with Crippen molar-refractivity contribution < 1.29 is 13.9 Å². The van der Waals surface area contributed by atoms with Crippen LogP contribution in [0.2, 0.25) is 0 Å². The van der Waals surface area contributed by atoms with E-state index in [4.69, 9.17) is 4.74 Å². The lowest BCUT2D eigenvalue weighted by Gasteiger charge is -2.12. The van der Waals surface area contributed by atoms with Crippen molar-refractivity contribution in [2.45, 2.75) is 24.7 Å². The molecule has 1 heterocycles. The number of halogens is 1. The fourth-order valence-corrected chi connectivity index (χ4v) is 2.98. The smallest absolute Gasteiger partial charge is 0.172 e. The molecule has 0 bridgehead atoms. The number of thioether (sulfide) groups is 1. The van der Waals surface area contributed by atoms with Gasteiger partial charge in [0, 0.05) is 17.4 Å². The SMILES string of the molecule is CC1OCCC1SCC(=O)c1ccc(F)cc1. The molecule has 92 valence electrons. The van der Waals surface area contributed by atoms with Crippen molar-refractivity contribution in [3.05, 3.63) is 35.6 Å². The van der Waals surface area contributed by atoms with E-state index in [0.717, 1.165) is 13.0 Å². The topological polar surface area (TPSA) is 26.3 Å². The lowest BCUT2D eigenvalue weighted by atomic mass is 10.1. The maximum atomic E-state index is 12.7. The van der Waals surface area contributed by atoms with Crippen molar-refractivity contribution in [2.75, 3.05) is 12.4 Å². The van der Waals surface area contributed by atoms with Gasteiger partial charge in [0.2, 0.25) is 0 Å². The molecule has 1 aliphatic rings. The molecule has 1 fully saturated rings. The Morgan fingerprint density at radius 2 is 2.18 bits per heavy atom.